The highest BCUT2D eigenvalue weighted by atomic mass is 19.1. The van der Waals surface area contributed by atoms with Crippen molar-refractivity contribution < 1.29 is 28.6 Å². The Morgan fingerprint density at radius 2 is 1.75 bits per heavy atom. The average Bonchev–Trinajstić information content (AvgIpc) is 2.61. The normalized spacial score (nSPS) is 12.7. The standard InChI is InChI=1S/C20H21FN2O5/c1-20(12-28-2,11-17(24)25)23-19(27)14-4-3-5-16(10-14)22-18(26)13-6-8-15(21)9-7-13/h3-10H,11-12H2,1-2H3,(H,22,26)(H,23,27)(H,24,25). The Morgan fingerprint density at radius 3 is 2.36 bits per heavy atom. The van der Waals surface area contributed by atoms with Crippen LogP contribution in [0.25, 0.3) is 0 Å². The van der Waals surface area contributed by atoms with Crippen LogP contribution < -0.4 is 10.6 Å². The number of amides is 2. The van der Waals surface area contributed by atoms with Gasteiger partial charge in [-0.2, -0.15) is 0 Å². The molecule has 0 saturated carbocycles. The van der Waals surface area contributed by atoms with Crippen LogP contribution in [0.1, 0.15) is 34.1 Å². The van der Waals surface area contributed by atoms with Gasteiger partial charge in [-0.25, -0.2) is 4.39 Å². The topological polar surface area (TPSA) is 105 Å². The maximum absolute atomic E-state index is 13.0. The van der Waals surface area contributed by atoms with Crippen LogP contribution in [0.4, 0.5) is 10.1 Å². The number of hydrogen-bond donors (Lipinski definition) is 3. The lowest BCUT2D eigenvalue weighted by Gasteiger charge is -2.28. The number of rotatable bonds is 8. The molecule has 2 rings (SSSR count). The first-order chi connectivity index (χ1) is 13.2. The van der Waals surface area contributed by atoms with Crippen LogP contribution in [-0.2, 0) is 9.53 Å². The predicted molar refractivity (Wildman–Crippen MR) is 101 cm³/mol. The maximum Gasteiger partial charge on any atom is 0.305 e. The summed E-state index contributed by atoms with van der Waals surface area (Å²) in [6, 6.07) is 11.2. The summed E-state index contributed by atoms with van der Waals surface area (Å²) in [5, 5.41) is 14.3. The van der Waals surface area contributed by atoms with Gasteiger partial charge in [-0.1, -0.05) is 6.07 Å². The average molecular weight is 388 g/mol. The van der Waals surface area contributed by atoms with E-state index >= 15 is 0 Å². The number of methoxy groups -OCH3 is 1. The summed E-state index contributed by atoms with van der Waals surface area (Å²) in [6.07, 6.45) is -0.312. The molecule has 0 aliphatic heterocycles. The fraction of sp³-hybridized carbons (Fsp3) is 0.250. The lowest BCUT2D eigenvalue weighted by molar-refractivity contribution is -0.139. The molecule has 0 spiro atoms. The van der Waals surface area contributed by atoms with Crippen molar-refractivity contribution in [3.8, 4) is 0 Å². The van der Waals surface area contributed by atoms with E-state index in [0.29, 0.717) is 5.69 Å². The highest BCUT2D eigenvalue weighted by Gasteiger charge is 2.30. The summed E-state index contributed by atoms with van der Waals surface area (Å²) in [6.45, 7) is 1.59. The molecule has 2 amide bonds. The van der Waals surface area contributed by atoms with E-state index < -0.39 is 29.1 Å². The molecule has 28 heavy (non-hydrogen) atoms. The second-order valence-corrected chi connectivity index (χ2v) is 6.56. The monoisotopic (exact) mass is 388 g/mol. The number of carbonyl (C=O) groups is 3. The molecule has 1 unspecified atom stereocenters. The number of aliphatic carboxylic acids is 1. The first-order valence-corrected chi connectivity index (χ1v) is 8.43. The fourth-order valence-corrected chi connectivity index (χ4v) is 2.67. The van der Waals surface area contributed by atoms with Crippen molar-refractivity contribution in [1.29, 1.82) is 0 Å². The SMILES string of the molecule is COCC(C)(CC(=O)O)NC(=O)c1cccc(NC(=O)c2ccc(F)cc2)c1. The lowest BCUT2D eigenvalue weighted by Crippen LogP contribution is -2.50. The van der Waals surface area contributed by atoms with Gasteiger partial charge in [0.2, 0.25) is 0 Å². The van der Waals surface area contributed by atoms with Gasteiger partial charge in [0.15, 0.2) is 0 Å². The van der Waals surface area contributed by atoms with E-state index in [0.717, 1.165) is 0 Å². The van der Waals surface area contributed by atoms with Crippen LogP contribution in [0.15, 0.2) is 48.5 Å². The number of nitrogens with one attached hydrogen (secondary N) is 2. The van der Waals surface area contributed by atoms with Crippen molar-refractivity contribution in [3.63, 3.8) is 0 Å². The first-order valence-electron chi connectivity index (χ1n) is 8.43. The third-order valence-corrected chi connectivity index (χ3v) is 3.91. The summed E-state index contributed by atoms with van der Waals surface area (Å²) in [4.78, 5) is 35.8. The van der Waals surface area contributed by atoms with Gasteiger partial charge >= 0.3 is 5.97 Å². The maximum atomic E-state index is 13.0. The van der Waals surface area contributed by atoms with Crippen LogP contribution in [0.5, 0.6) is 0 Å². The molecule has 148 valence electrons. The molecule has 3 N–H and O–H groups in total. The van der Waals surface area contributed by atoms with Gasteiger partial charge < -0.3 is 20.5 Å². The van der Waals surface area contributed by atoms with Crippen molar-refractivity contribution in [2.24, 2.45) is 0 Å². The number of carboxylic acid groups (broad SMARTS) is 1. The minimum Gasteiger partial charge on any atom is -0.481 e. The van der Waals surface area contributed by atoms with E-state index in [1.54, 1.807) is 19.1 Å². The van der Waals surface area contributed by atoms with E-state index in [1.165, 1.54) is 43.5 Å². The number of ether oxygens (including phenoxy) is 1. The molecule has 0 aliphatic carbocycles. The Hall–Kier alpha value is -3.26. The van der Waals surface area contributed by atoms with Gasteiger partial charge in [0.1, 0.15) is 5.82 Å². The molecule has 1 atom stereocenters. The summed E-state index contributed by atoms with van der Waals surface area (Å²) in [7, 11) is 1.41. The largest absolute Gasteiger partial charge is 0.481 e. The number of carboxylic acids is 1. The molecule has 0 heterocycles. The molecule has 0 fully saturated rings. The summed E-state index contributed by atoms with van der Waals surface area (Å²) >= 11 is 0. The van der Waals surface area contributed by atoms with Crippen LogP contribution in [0.2, 0.25) is 0 Å². The summed E-state index contributed by atoms with van der Waals surface area (Å²) in [5.41, 5.74) is -0.214. The van der Waals surface area contributed by atoms with Gasteiger partial charge in [-0.3, -0.25) is 14.4 Å². The van der Waals surface area contributed by atoms with Crippen molar-refractivity contribution in [2.45, 2.75) is 18.9 Å². The molecule has 0 saturated heterocycles. The van der Waals surface area contributed by atoms with Gasteiger partial charge in [-0.05, 0) is 49.4 Å². The van der Waals surface area contributed by atoms with Crippen LogP contribution >= 0.6 is 0 Å². The molecule has 0 bridgehead atoms. The fourth-order valence-electron chi connectivity index (χ4n) is 2.67. The number of carbonyl (C=O) groups excluding carboxylic acids is 2. The van der Waals surface area contributed by atoms with E-state index in [4.69, 9.17) is 9.84 Å². The minimum absolute atomic E-state index is 0.0199. The minimum atomic E-state index is -1.09. The zero-order valence-electron chi connectivity index (χ0n) is 15.5. The van der Waals surface area contributed by atoms with E-state index in [1.807, 2.05) is 0 Å². The third kappa shape index (κ3) is 5.88. The quantitative estimate of drug-likeness (QED) is 0.645. The molecule has 2 aromatic carbocycles. The summed E-state index contributed by atoms with van der Waals surface area (Å²) in [5.74, 6) is -2.47. The Morgan fingerprint density at radius 1 is 1.07 bits per heavy atom. The molecular formula is C20H21FN2O5. The van der Waals surface area contributed by atoms with E-state index in [-0.39, 0.29) is 24.2 Å². The van der Waals surface area contributed by atoms with Crippen molar-refractivity contribution in [1.82, 2.24) is 5.32 Å². The first kappa shape index (κ1) is 21.0. The van der Waals surface area contributed by atoms with E-state index in [2.05, 4.69) is 10.6 Å². The zero-order chi connectivity index (χ0) is 20.7. The predicted octanol–water partition coefficient (Wildman–Crippen LogP) is 2.69. The zero-order valence-corrected chi connectivity index (χ0v) is 15.5. The number of benzene rings is 2. The molecule has 0 radical (unpaired) electrons. The Bertz CT molecular complexity index is 869. The van der Waals surface area contributed by atoms with Gasteiger partial charge in [0, 0.05) is 23.9 Å². The molecule has 2 aromatic rings. The van der Waals surface area contributed by atoms with Gasteiger partial charge in [0.05, 0.1) is 18.6 Å². The Balaban J connectivity index is 2.12. The molecular weight excluding hydrogens is 367 g/mol. The number of anilines is 1. The highest BCUT2D eigenvalue weighted by Crippen LogP contribution is 2.16. The molecule has 0 aliphatic rings. The van der Waals surface area contributed by atoms with Crippen molar-refractivity contribution >= 4 is 23.5 Å². The highest BCUT2D eigenvalue weighted by molar-refractivity contribution is 6.05. The van der Waals surface area contributed by atoms with Crippen molar-refractivity contribution in [3.05, 3.63) is 65.5 Å². The lowest BCUT2D eigenvalue weighted by atomic mass is 9.98. The van der Waals surface area contributed by atoms with Crippen LogP contribution in [0.3, 0.4) is 0 Å². The number of halogens is 1. The van der Waals surface area contributed by atoms with E-state index in [9.17, 15) is 18.8 Å². The van der Waals surface area contributed by atoms with Crippen molar-refractivity contribution in [2.75, 3.05) is 19.0 Å². The Labute approximate surface area is 161 Å². The van der Waals surface area contributed by atoms with Crippen LogP contribution in [0, 0.1) is 5.82 Å². The smallest absolute Gasteiger partial charge is 0.305 e. The molecule has 7 nitrogen and oxygen atoms in total. The number of hydrogen-bond acceptors (Lipinski definition) is 4. The van der Waals surface area contributed by atoms with Gasteiger partial charge in [0.25, 0.3) is 11.8 Å². The van der Waals surface area contributed by atoms with Gasteiger partial charge in [-0.15, -0.1) is 0 Å². The molecule has 0 aromatic heterocycles. The van der Waals surface area contributed by atoms with Crippen LogP contribution in [-0.4, -0.2) is 42.1 Å². The molecule has 8 heteroatoms. The second kappa shape index (κ2) is 9.09. The Kier molecular flexibility index (Phi) is 6.84. The summed E-state index contributed by atoms with van der Waals surface area (Å²) < 4.78 is 18.0. The second-order valence-electron chi connectivity index (χ2n) is 6.56. The third-order valence-electron chi connectivity index (χ3n) is 3.91.